The smallest absolute Gasteiger partial charge is 0.255 e. The molecule has 6 heteroatoms. The number of rotatable bonds is 5. The Morgan fingerprint density at radius 3 is 2.91 bits per heavy atom. The molecule has 2 rings (SSSR count). The van der Waals surface area contributed by atoms with E-state index in [-0.39, 0.29) is 11.6 Å². The van der Waals surface area contributed by atoms with Crippen LogP contribution in [0.25, 0.3) is 5.76 Å². The number of nitriles is 1. The second-order valence-corrected chi connectivity index (χ2v) is 4.69. The standard InChI is InChI=1S/C16H13ClN2O3/c1-3-21-10(2)14-4-5-19-16(20)15(14)22-13-7-11(9-18)6-12(17)8-13/h4-8H,2-3H2,1H3,(H,19,20). The molecule has 1 heterocycles. The molecule has 0 amide bonds. The fourth-order valence-electron chi connectivity index (χ4n) is 1.81. The number of pyridine rings is 1. The van der Waals surface area contributed by atoms with Gasteiger partial charge in [-0.1, -0.05) is 18.2 Å². The molecule has 1 N–H and O–H groups in total. The molecule has 0 aliphatic carbocycles. The molecule has 22 heavy (non-hydrogen) atoms. The summed E-state index contributed by atoms with van der Waals surface area (Å²) < 4.78 is 11.0. The second-order valence-electron chi connectivity index (χ2n) is 4.26. The zero-order valence-electron chi connectivity index (χ0n) is 11.8. The lowest BCUT2D eigenvalue weighted by Crippen LogP contribution is -1.96. The molecule has 0 saturated carbocycles. The zero-order chi connectivity index (χ0) is 16.1. The lowest BCUT2D eigenvalue weighted by Gasteiger charge is -2.14. The molecule has 0 radical (unpaired) electrons. The van der Waals surface area contributed by atoms with E-state index >= 15 is 0 Å². The summed E-state index contributed by atoms with van der Waals surface area (Å²) in [5.41, 5.74) is 0.809. The molecule has 1 aromatic carbocycles. The van der Waals surface area contributed by atoms with Crippen molar-refractivity contribution in [1.29, 1.82) is 5.26 Å². The topological polar surface area (TPSA) is 75.4 Å². The van der Waals surface area contributed by atoms with E-state index in [9.17, 15) is 5.11 Å². The molecule has 0 atom stereocenters. The molecule has 0 fully saturated rings. The van der Waals surface area contributed by atoms with Crippen molar-refractivity contribution in [2.75, 3.05) is 6.61 Å². The van der Waals surface area contributed by atoms with E-state index in [1.165, 1.54) is 24.4 Å². The number of aromatic nitrogens is 1. The van der Waals surface area contributed by atoms with E-state index in [2.05, 4.69) is 11.6 Å². The fraction of sp³-hybridized carbons (Fsp3) is 0.125. The van der Waals surface area contributed by atoms with Gasteiger partial charge in [0, 0.05) is 11.2 Å². The Kier molecular flexibility index (Phi) is 4.87. The number of benzene rings is 1. The molecule has 0 spiro atoms. The molecular weight excluding hydrogens is 304 g/mol. The third-order valence-electron chi connectivity index (χ3n) is 2.73. The minimum absolute atomic E-state index is 0.0899. The highest BCUT2D eigenvalue weighted by atomic mass is 35.5. The normalized spacial score (nSPS) is 9.86. The summed E-state index contributed by atoms with van der Waals surface area (Å²) in [6.45, 7) is 6.04. The van der Waals surface area contributed by atoms with Crippen molar-refractivity contribution >= 4 is 17.4 Å². The summed E-state index contributed by atoms with van der Waals surface area (Å²) in [6, 6.07) is 8.14. The highest BCUT2D eigenvalue weighted by molar-refractivity contribution is 6.30. The predicted octanol–water partition coefficient (Wildman–Crippen LogP) is 4.11. The third-order valence-corrected chi connectivity index (χ3v) is 2.94. The van der Waals surface area contributed by atoms with Crippen LogP contribution in [0.3, 0.4) is 0 Å². The van der Waals surface area contributed by atoms with Gasteiger partial charge in [0.2, 0.25) is 0 Å². The van der Waals surface area contributed by atoms with Crippen LogP contribution in [0.15, 0.2) is 37.0 Å². The maximum atomic E-state index is 9.93. The van der Waals surface area contributed by atoms with Crippen LogP contribution in [0.2, 0.25) is 5.02 Å². The molecule has 0 aliphatic rings. The number of ether oxygens (including phenoxy) is 2. The monoisotopic (exact) mass is 316 g/mol. The van der Waals surface area contributed by atoms with Crippen molar-refractivity contribution < 1.29 is 14.6 Å². The van der Waals surface area contributed by atoms with E-state index in [4.69, 9.17) is 26.3 Å². The highest BCUT2D eigenvalue weighted by Crippen LogP contribution is 2.37. The molecule has 0 bridgehead atoms. The van der Waals surface area contributed by atoms with Gasteiger partial charge in [-0.3, -0.25) is 0 Å². The van der Waals surface area contributed by atoms with Gasteiger partial charge in [-0.05, 0) is 31.2 Å². The van der Waals surface area contributed by atoms with Crippen LogP contribution in [0, 0.1) is 11.3 Å². The Labute approximate surface area is 133 Å². The molecule has 1 aromatic heterocycles. The number of hydrogen-bond donors (Lipinski definition) is 1. The van der Waals surface area contributed by atoms with Crippen molar-refractivity contribution in [3.05, 3.63) is 53.2 Å². The number of aromatic hydroxyl groups is 1. The van der Waals surface area contributed by atoms with Gasteiger partial charge in [0.15, 0.2) is 5.75 Å². The summed E-state index contributed by atoms with van der Waals surface area (Å²) in [6.07, 6.45) is 1.42. The number of nitrogens with zero attached hydrogens (tertiary/aromatic N) is 2. The van der Waals surface area contributed by atoms with Crippen molar-refractivity contribution in [3.63, 3.8) is 0 Å². The predicted molar refractivity (Wildman–Crippen MR) is 82.8 cm³/mol. The van der Waals surface area contributed by atoms with Crippen molar-refractivity contribution in [2.24, 2.45) is 0 Å². The van der Waals surface area contributed by atoms with E-state index < -0.39 is 0 Å². The van der Waals surface area contributed by atoms with Crippen LogP contribution in [-0.4, -0.2) is 16.7 Å². The summed E-state index contributed by atoms with van der Waals surface area (Å²) in [5, 5.41) is 19.2. The van der Waals surface area contributed by atoms with Gasteiger partial charge < -0.3 is 14.6 Å². The molecule has 0 aliphatic heterocycles. The van der Waals surface area contributed by atoms with Crippen LogP contribution >= 0.6 is 11.6 Å². The minimum atomic E-state index is -0.308. The van der Waals surface area contributed by atoms with Crippen LogP contribution in [0.4, 0.5) is 0 Å². The SMILES string of the molecule is C=C(OCC)c1ccnc(O)c1Oc1cc(Cl)cc(C#N)c1. The van der Waals surface area contributed by atoms with Crippen molar-refractivity contribution in [2.45, 2.75) is 6.92 Å². The first-order valence-corrected chi connectivity index (χ1v) is 6.81. The van der Waals surface area contributed by atoms with Gasteiger partial charge in [-0.15, -0.1) is 0 Å². The van der Waals surface area contributed by atoms with Crippen LogP contribution in [-0.2, 0) is 4.74 Å². The average molecular weight is 317 g/mol. The fourth-order valence-corrected chi connectivity index (χ4v) is 2.04. The van der Waals surface area contributed by atoms with E-state index in [0.29, 0.717) is 34.3 Å². The van der Waals surface area contributed by atoms with E-state index in [1.54, 1.807) is 6.07 Å². The Morgan fingerprint density at radius 2 is 2.23 bits per heavy atom. The van der Waals surface area contributed by atoms with Gasteiger partial charge in [0.1, 0.15) is 11.5 Å². The van der Waals surface area contributed by atoms with Crippen LogP contribution in [0.1, 0.15) is 18.1 Å². The van der Waals surface area contributed by atoms with Crippen LogP contribution in [0.5, 0.6) is 17.4 Å². The average Bonchev–Trinajstić information content (AvgIpc) is 2.49. The molecule has 2 aromatic rings. The summed E-state index contributed by atoms with van der Waals surface area (Å²) >= 11 is 5.94. The van der Waals surface area contributed by atoms with Gasteiger partial charge >= 0.3 is 0 Å². The highest BCUT2D eigenvalue weighted by Gasteiger charge is 2.16. The van der Waals surface area contributed by atoms with Crippen LogP contribution < -0.4 is 4.74 Å². The Hall–Kier alpha value is -2.71. The van der Waals surface area contributed by atoms with E-state index in [1.807, 2.05) is 13.0 Å². The Bertz CT molecular complexity index is 754. The molecule has 0 saturated heterocycles. The minimum Gasteiger partial charge on any atom is -0.494 e. The summed E-state index contributed by atoms with van der Waals surface area (Å²) in [4.78, 5) is 3.78. The zero-order valence-corrected chi connectivity index (χ0v) is 12.6. The number of halogens is 1. The maximum Gasteiger partial charge on any atom is 0.255 e. The lowest BCUT2D eigenvalue weighted by atomic mass is 10.2. The van der Waals surface area contributed by atoms with Crippen molar-refractivity contribution in [1.82, 2.24) is 4.98 Å². The maximum absolute atomic E-state index is 9.93. The third kappa shape index (κ3) is 3.48. The summed E-state index contributed by atoms with van der Waals surface area (Å²) in [5.74, 6) is 0.430. The van der Waals surface area contributed by atoms with Gasteiger partial charge in [-0.2, -0.15) is 5.26 Å². The molecule has 112 valence electrons. The van der Waals surface area contributed by atoms with Crippen molar-refractivity contribution in [3.8, 4) is 23.4 Å². The largest absolute Gasteiger partial charge is 0.494 e. The van der Waals surface area contributed by atoms with Gasteiger partial charge in [0.05, 0.1) is 23.8 Å². The first kappa shape index (κ1) is 15.7. The Balaban J connectivity index is 2.43. The summed E-state index contributed by atoms with van der Waals surface area (Å²) in [7, 11) is 0. The van der Waals surface area contributed by atoms with Gasteiger partial charge in [0.25, 0.3) is 5.88 Å². The molecule has 5 nitrogen and oxygen atoms in total. The van der Waals surface area contributed by atoms with Gasteiger partial charge in [-0.25, -0.2) is 4.98 Å². The van der Waals surface area contributed by atoms with E-state index in [0.717, 1.165) is 0 Å². The Morgan fingerprint density at radius 1 is 1.45 bits per heavy atom. The number of hydrogen-bond acceptors (Lipinski definition) is 5. The lowest BCUT2D eigenvalue weighted by molar-refractivity contribution is 0.296. The first-order valence-electron chi connectivity index (χ1n) is 6.43. The quantitative estimate of drug-likeness (QED) is 0.840. The molecular formula is C16H13ClN2O3. The first-order chi connectivity index (χ1) is 10.5. The molecule has 0 unspecified atom stereocenters. The second kappa shape index (κ2) is 6.83.